The van der Waals surface area contributed by atoms with E-state index in [0.717, 1.165) is 47.4 Å². The molecule has 1 saturated heterocycles. The van der Waals surface area contributed by atoms with Gasteiger partial charge >= 0.3 is 5.97 Å². The Morgan fingerprint density at radius 3 is 2.70 bits per heavy atom. The number of ether oxygens (including phenoxy) is 3. The second-order valence-corrected chi connectivity index (χ2v) is 9.33. The van der Waals surface area contributed by atoms with Crippen LogP contribution in [0, 0.1) is 5.41 Å². The van der Waals surface area contributed by atoms with E-state index in [-0.39, 0.29) is 17.3 Å². The molecule has 30 heavy (non-hydrogen) atoms. The SMILES string of the molecule is CCOC(=O)c1c(C2CCOCC2)nc2c(c1C1=CCOCC1)C(O)CC(C)(C)C2. The number of carbonyl (C=O) groups is 1. The van der Waals surface area contributed by atoms with Gasteiger partial charge in [-0.1, -0.05) is 19.9 Å². The van der Waals surface area contributed by atoms with E-state index < -0.39 is 6.10 Å². The van der Waals surface area contributed by atoms with Gasteiger partial charge in [0.25, 0.3) is 0 Å². The van der Waals surface area contributed by atoms with Gasteiger partial charge in [-0.05, 0) is 50.0 Å². The normalized spacial score (nSPS) is 24.1. The third-order valence-corrected chi connectivity index (χ3v) is 6.44. The fourth-order valence-corrected chi connectivity index (χ4v) is 5.08. The van der Waals surface area contributed by atoms with Gasteiger partial charge in [-0.25, -0.2) is 4.79 Å². The van der Waals surface area contributed by atoms with Gasteiger partial charge < -0.3 is 19.3 Å². The average Bonchev–Trinajstić information content (AvgIpc) is 2.73. The molecule has 2 aliphatic heterocycles. The molecule has 0 saturated carbocycles. The average molecular weight is 416 g/mol. The number of hydrogen-bond acceptors (Lipinski definition) is 6. The molecule has 1 atom stereocenters. The number of aromatic nitrogens is 1. The lowest BCUT2D eigenvalue weighted by Crippen LogP contribution is -2.31. The van der Waals surface area contributed by atoms with Crippen LogP contribution >= 0.6 is 0 Å². The summed E-state index contributed by atoms with van der Waals surface area (Å²) in [6.07, 6.45) is 5.23. The van der Waals surface area contributed by atoms with Crippen molar-refractivity contribution >= 4 is 11.5 Å². The highest BCUT2D eigenvalue weighted by Gasteiger charge is 2.39. The molecule has 164 valence electrons. The summed E-state index contributed by atoms with van der Waals surface area (Å²) in [6.45, 7) is 8.94. The topological polar surface area (TPSA) is 77.9 Å². The third kappa shape index (κ3) is 4.18. The molecule has 1 N–H and O–H groups in total. The molecule has 0 amide bonds. The van der Waals surface area contributed by atoms with Crippen LogP contribution < -0.4 is 0 Å². The first-order chi connectivity index (χ1) is 14.4. The molecule has 1 aromatic heterocycles. The van der Waals surface area contributed by atoms with Crippen molar-refractivity contribution in [2.45, 2.75) is 64.9 Å². The number of pyridine rings is 1. The summed E-state index contributed by atoms with van der Waals surface area (Å²) in [5, 5.41) is 11.2. The monoisotopic (exact) mass is 415 g/mol. The number of hydrogen-bond donors (Lipinski definition) is 1. The molecule has 0 aromatic carbocycles. The van der Waals surface area contributed by atoms with Gasteiger partial charge in [0.2, 0.25) is 0 Å². The van der Waals surface area contributed by atoms with E-state index in [2.05, 4.69) is 13.8 Å². The summed E-state index contributed by atoms with van der Waals surface area (Å²) in [5.74, 6) is -0.182. The highest BCUT2D eigenvalue weighted by Crippen LogP contribution is 2.46. The van der Waals surface area contributed by atoms with Crippen LogP contribution in [-0.4, -0.2) is 49.1 Å². The van der Waals surface area contributed by atoms with Crippen LogP contribution in [-0.2, 0) is 20.6 Å². The lowest BCUT2D eigenvalue weighted by atomic mass is 9.71. The van der Waals surface area contributed by atoms with Gasteiger partial charge in [-0.3, -0.25) is 4.98 Å². The van der Waals surface area contributed by atoms with Gasteiger partial charge in [-0.2, -0.15) is 0 Å². The predicted molar refractivity (Wildman–Crippen MR) is 113 cm³/mol. The summed E-state index contributed by atoms with van der Waals surface area (Å²) in [5.41, 5.74) is 4.99. The zero-order chi connectivity index (χ0) is 21.3. The number of aliphatic hydroxyl groups is 1. The maximum Gasteiger partial charge on any atom is 0.340 e. The van der Waals surface area contributed by atoms with Crippen molar-refractivity contribution in [1.29, 1.82) is 0 Å². The van der Waals surface area contributed by atoms with Crippen molar-refractivity contribution in [2.24, 2.45) is 5.41 Å². The van der Waals surface area contributed by atoms with Crippen molar-refractivity contribution in [3.05, 3.63) is 34.2 Å². The fourth-order valence-electron chi connectivity index (χ4n) is 5.08. The number of carbonyl (C=O) groups excluding carboxylic acids is 1. The first kappa shape index (κ1) is 21.5. The molecule has 1 fully saturated rings. The van der Waals surface area contributed by atoms with Crippen LogP contribution in [0.4, 0.5) is 0 Å². The van der Waals surface area contributed by atoms with E-state index in [1.165, 1.54) is 0 Å². The number of esters is 1. The Balaban J connectivity index is 1.97. The van der Waals surface area contributed by atoms with Gasteiger partial charge in [-0.15, -0.1) is 0 Å². The van der Waals surface area contributed by atoms with Gasteiger partial charge in [0.15, 0.2) is 0 Å². The van der Waals surface area contributed by atoms with Crippen molar-refractivity contribution < 1.29 is 24.1 Å². The summed E-state index contributed by atoms with van der Waals surface area (Å²) in [6, 6.07) is 0. The molecule has 6 heteroatoms. The number of rotatable bonds is 4. The second-order valence-electron chi connectivity index (χ2n) is 9.33. The Kier molecular flexibility index (Phi) is 6.28. The largest absolute Gasteiger partial charge is 0.462 e. The molecule has 0 spiro atoms. The predicted octanol–water partition coefficient (Wildman–Crippen LogP) is 3.96. The Labute approximate surface area is 178 Å². The van der Waals surface area contributed by atoms with E-state index in [4.69, 9.17) is 19.2 Å². The minimum absolute atomic E-state index is 0.0425. The molecule has 1 aliphatic carbocycles. The quantitative estimate of drug-likeness (QED) is 0.750. The molecule has 1 aromatic rings. The maximum absolute atomic E-state index is 13.3. The number of fused-ring (bicyclic) bond motifs is 1. The molecule has 6 nitrogen and oxygen atoms in total. The fraction of sp³-hybridized carbons (Fsp3) is 0.667. The molecule has 4 rings (SSSR count). The summed E-state index contributed by atoms with van der Waals surface area (Å²) in [4.78, 5) is 18.3. The molecule has 1 unspecified atom stereocenters. The zero-order valence-corrected chi connectivity index (χ0v) is 18.3. The smallest absolute Gasteiger partial charge is 0.340 e. The minimum atomic E-state index is -0.646. The Hall–Kier alpha value is -1.76. The van der Waals surface area contributed by atoms with Crippen molar-refractivity contribution in [3.63, 3.8) is 0 Å². The van der Waals surface area contributed by atoms with Gasteiger partial charge in [0.1, 0.15) is 0 Å². The van der Waals surface area contributed by atoms with Crippen molar-refractivity contribution in [1.82, 2.24) is 4.98 Å². The summed E-state index contributed by atoms with van der Waals surface area (Å²) >= 11 is 0. The van der Waals surface area contributed by atoms with Crippen molar-refractivity contribution in [3.8, 4) is 0 Å². The standard InChI is InChI=1S/C24H33NO5/c1-4-30-23(27)21-19(15-5-9-28-10-6-15)20-17(13-24(2,3)14-18(20)26)25-22(21)16-7-11-29-12-8-16/h5,16,18,26H,4,6-14H2,1-3H3. The molecule has 0 radical (unpaired) electrons. The zero-order valence-electron chi connectivity index (χ0n) is 18.3. The minimum Gasteiger partial charge on any atom is -0.462 e. The van der Waals surface area contributed by atoms with Gasteiger partial charge in [0.05, 0.1) is 37.2 Å². The van der Waals surface area contributed by atoms with Crippen LogP contribution in [0.25, 0.3) is 5.57 Å². The third-order valence-electron chi connectivity index (χ3n) is 6.44. The summed E-state index contributed by atoms with van der Waals surface area (Å²) in [7, 11) is 0. The first-order valence-corrected chi connectivity index (χ1v) is 11.2. The Morgan fingerprint density at radius 1 is 1.27 bits per heavy atom. The van der Waals surface area contributed by atoms with E-state index in [1.54, 1.807) is 0 Å². The Bertz CT molecular complexity index is 838. The molecule has 3 heterocycles. The lowest BCUT2D eigenvalue weighted by Gasteiger charge is -2.37. The Morgan fingerprint density at radius 2 is 2.03 bits per heavy atom. The van der Waals surface area contributed by atoms with E-state index in [1.807, 2.05) is 13.0 Å². The van der Waals surface area contributed by atoms with E-state index in [9.17, 15) is 9.90 Å². The van der Waals surface area contributed by atoms with Crippen LogP contribution in [0.5, 0.6) is 0 Å². The molecule has 3 aliphatic rings. The first-order valence-electron chi connectivity index (χ1n) is 11.2. The maximum atomic E-state index is 13.3. The number of aliphatic hydroxyl groups excluding tert-OH is 1. The van der Waals surface area contributed by atoms with Crippen LogP contribution in [0.2, 0.25) is 0 Å². The van der Waals surface area contributed by atoms with Gasteiger partial charge in [0, 0.05) is 36.0 Å². The highest BCUT2D eigenvalue weighted by molar-refractivity contribution is 5.98. The molecular formula is C24H33NO5. The summed E-state index contributed by atoms with van der Waals surface area (Å²) < 4.78 is 16.6. The highest BCUT2D eigenvalue weighted by atomic mass is 16.5. The van der Waals surface area contributed by atoms with Crippen molar-refractivity contribution in [2.75, 3.05) is 33.0 Å². The van der Waals surface area contributed by atoms with E-state index in [0.29, 0.717) is 51.4 Å². The lowest BCUT2D eigenvalue weighted by molar-refractivity contribution is 0.0515. The molecular weight excluding hydrogens is 382 g/mol. The van der Waals surface area contributed by atoms with Crippen LogP contribution in [0.3, 0.4) is 0 Å². The van der Waals surface area contributed by atoms with Crippen LogP contribution in [0.15, 0.2) is 6.08 Å². The molecule has 0 bridgehead atoms. The second kappa shape index (κ2) is 8.77. The van der Waals surface area contributed by atoms with E-state index >= 15 is 0 Å². The van der Waals surface area contributed by atoms with Crippen LogP contribution in [0.1, 0.15) is 91.3 Å². The number of nitrogens with zero attached hydrogens (tertiary/aromatic N) is 1.